The van der Waals surface area contributed by atoms with Crippen LogP contribution in [0, 0.1) is 0 Å². The number of methoxy groups -OCH3 is 2. The number of aliphatic hydroxyl groups is 1. The lowest BCUT2D eigenvalue weighted by Crippen LogP contribution is -2.38. The molecule has 1 aliphatic heterocycles. The average Bonchev–Trinajstić information content (AvgIpc) is 3.44. The number of hydrogen-bond acceptors (Lipinski definition) is 7. The van der Waals surface area contributed by atoms with Crippen LogP contribution in [-0.4, -0.2) is 54.2 Å². The van der Waals surface area contributed by atoms with E-state index in [9.17, 15) is 5.11 Å². The van der Waals surface area contributed by atoms with Crippen molar-refractivity contribution < 1.29 is 24.1 Å². The first-order valence-electron chi connectivity index (χ1n) is 14.8. The highest BCUT2D eigenvalue weighted by Gasteiger charge is 2.41. The monoisotopic (exact) mass is 588 g/mol. The van der Waals surface area contributed by atoms with Gasteiger partial charge in [0.05, 0.1) is 44.4 Å². The summed E-state index contributed by atoms with van der Waals surface area (Å²) in [6.45, 7) is 0.182. The summed E-state index contributed by atoms with van der Waals surface area (Å²) in [6.07, 6.45) is 3.45. The second-order valence-corrected chi connectivity index (χ2v) is 10.9. The topological polar surface area (TPSA) is 82.9 Å². The quantitative estimate of drug-likeness (QED) is 0.183. The van der Waals surface area contributed by atoms with E-state index < -0.39 is 17.8 Å². The molecule has 6 rings (SSSR count). The summed E-state index contributed by atoms with van der Waals surface area (Å²) in [6, 6.07) is 35.7. The van der Waals surface area contributed by atoms with Gasteiger partial charge in [-0.1, -0.05) is 66.7 Å². The molecule has 3 atom stereocenters. The maximum atomic E-state index is 11.1. The summed E-state index contributed by atoms with van der Waals surface area (Å²) < 4.78 is 24.3. The molecule has 1 saturated heterocycles. The van der Waals surface area contributed by atoms with E-state index in [2.05, 4.69) is 22.1 Å². The first kappa shape index (κ1) is 29.5. The summed E-state index contributed by atoms with van der Waals surface area (Å²) >= 11 is 0. The van der Waals surface area contributed by atoms with Crippen LogP contribution in [0.2, 0.25) is 0 Å². The maximum Gasteiger partial charge on any atom is 0.143 e. The highest BCUT2D eigenvalue weighted by Crippen LogP contribution is 2.42. The van der Waals surface area contributed by atoms with Gasteiger partial charge in [0.15, 0.2) is 0 Å². The summed E-state index contributed by atoms with van der Waals surface area (Å²) in [5.41, 5.74) is 4.53. The Balaban J connectivity index is 1.25. The minimum absolute atomic E-state index is 0.158. The Morgan fingerprint density at radius 3 is 1.91 bits per heavy atom. The predicted molar refractivity (Wildman–Crippen MR) is 169 cm³/mol. The third kappa shape index (κ3) is 6.21. The van der Waals surface area contributed by atoms with Gasteiger partial charge in [0.1, 0.15) is 23.2 Å². The molecule has 0 aliphatic carbocycles. The fourth-order valence-electron chi connectivity index (χ4n) is 5.85. The average molecular weight is 589 g/mol. The third-order valence-corrected chi connectivity index (χ3v) is 8.15. The zero-order valence-electron chi connectivity index (χ0n) is 24.9. The molecular formula is C37H36N2O5. The molecule has 5 aromatic rings. The molecule has 1 aliphatic rings. The molecule has 0 saturated carbocycles. The summed E-state index contributed by atoms with van der Waals surface area (Å²) in [5.74, 6) is 1.51. The molecule has 0 amide bonds. The number of nitrogens with zero attached hydrogens (tertiary/aromatic N) is 2. The van der Waals surface area contributed by atoms with E-state index in [4.69, 9.17) is 18.9 Å². The van der Waals surface area contributed by atoms with Gasteiger partial charge in [-0.3, -0.25) is 9.97 Å². The number of aromatic nitrogens is 2. The second-order valence-electron chi connectivity index (χ2n) is 10.9. The van der Waals surface area contributed by atoms with E-state index in [1.54, 1.807) is 20.4 Å². The van der Waals surface area contributed by atoms with E-state index in [0.717, 1.165) is 45.1 Å². The molecule has 0 unspecified atom stereocenters. The lowest BCUT2D eigenvalue weighted by molar-refractivity contribution is -0.0820. The van der Waals surface area contributed by atoms with Crippen molar-refractivity contribution in [1.29, 1.82) is 0 Å². The van der Waals surface area contributed by atoms with Crippen LogP contribution < -0.4 is 9.47 Å². The van der Waals surface area contributed by atoms with E-state index in [1.807, 2.05) is 103 Å². The van der Waals surface area contributed by atoms with Gasteiger partial charge >= 0.3 is 0 Å². The Kier molecular flexibility index (Phi) is 8.98. The number of aliphatic hydroxyl groups excluding tert-OH is 1. The number of hydrogen-bond donors (Lipinski definition) is 1. The number of ether oxygens (including phenoxy) is 4. The Hall–Kier alpha value is -4.56. The summed E-state index contributed by atoms with van der Waals surface area (Å²) in [7, 11) is 3.30. The third-order valence-electron chi connectivity index (χ3n) is 8.15. The van der Waals surface area contributed by atoms with Crippen molar-refractivity contribution in [2.45, 2.75) is 36.8 Å². The number of rotatable bonds is 11. The fourth-order valence-corrected chi connectivity index (χ4v) is 5.85. The van der Waals surface area contributed by atoms with Crippen LogP contribution in [0.25, 0.3) is 11.4 Å². The van der Waals surface area contributed by atoms with Gasteiger partial charge < -0.3 is 24.1 Å². The molecule has 0 bridgehead atoms. The summed E-state index contributed by atoms with van der Waals surface area (Å²) in [5, 5.41) is 11.1. The van der Waals surface area contributed by atoms with Gasteiger partial charge in [-0.2, -0.15) is 0 Å². The van der Waals surface area contributed by atoms with E-state index in [-0.39, 0.29) is 12.7 Å². The summed E-state index contributed by atoms with van der Waals surface area (Å²) in [4.78, 5) is 8.98. The van der Waals surface area contributed by atoms with Crippen molar-refractivity contribution in [1.82, 2.24) is 9.97 Å². The van der Waals surface area contributed by atoms with Crippen LogP contribution in [0.4, 0.5) is 0 Å². The Labute approximate surface area is 258 Å². The Morgan fingerprint density at radius 2 is 1.34 bits per heavy atom. The molecule has 7 nitrogen and oxygen atoms in total. The standard InChI is InChI=1S/C37H36N2O5/c1-41-30-16-12-28(13-17-30)37(27-8-4-3-5-9-27,29-14-18-31(42-2)19-15-29)43-25-36-35(40)23-32(44-36)22-26-11-20-34(39-24-26)33-10-6-7-21-38-33/h3-21,24,32,35-36,40H,22-23,25H2,1-2H3/t32-,35+,36-/m1/s1. The Bertz CT molecular complexity index is 1560. The van der Waals surface area contributed by atoms with Crippen molar-refractivity contribution in [2.75, 3.05) is 20.8 Å². The lowest BCUT2D eigenvalue weighted by Gasteiger charge is -2.37. The smallest absolute Gasteiger partial charge is 0.143 e. The highest BCUT2D eigenvalue weighted by molar-refractivity contribution is 5.53. The van der Waals surface area contributed by atoms with Crippen molar-refractivity contribution in [3.8, 4) is 22.9 Å². The largest absolute Gasteiger partial charge is 0.497 e. The van der Waals surface area contributed by atoms with Gasteiger partial charge in [0.25, 0.3) is 0 Å². The fraction of sp³-hybridized carbons (Fsp3) is 0.243. The maximum absolute atomic E-state index is 11.1. The van der Waals surface area contributed by atoms with Crippen LogP contribution >= 0.6 is 0 Å². The van der Waals surface area contributed by atoms with E-state index in [0.29, 0.717) is 12.8 Å². The molecule has 44 heavy (non-hydrogen) atoms. The molecule has 224 valence electrons. The van der Waals surface area contributed by atoms with Crippen LogP contribution in [0.5, 0.6) is 11.5 Å². The van der Waals surface area contributed by atoms with Crippen molar-refractivity contribution in [2.24, 2.45) is 0 Å². The Morgan fingerprint density at radius 1 is 0.727 bits per heavy atom. The second kappa shape index (κ2) is 13.4. The molecular weight excluding hydrogens is 552 g/mol. The predicted octanol–water partition coefficient (Wildman–Crippen LogP) is 6.23. The number of benzene rings is 3. The van der Waals surface area contributed by atoms with Gasteiger partial charge in [0, 0.05) is 25.2 Å². The minimum Gasteiger partial charge on any atom is -0.497 e. The molecule has 0 radical (unpaired) electrons. The van der Waals surface area contributed by atoms with E-state index >= 15 is 0 Å². The van der Waals surface area contributed by atoms with Gasteiger partial charge in [-0.25, -0.2) is 0 Å². The zero-order valence-corrected chi connectivity index (χ0v) is 24.9. The van der Waals surface area contributed by atoms with Crippen molar-refractivity contribution in [3.63, 3.8) is 0 Å². The zero-order chi connectivity index (χ0) is 30.4. The van der Waals surface area contributed by atoms with Crippen molar-refractivity contribution in [3.05, 3.63) is 144 Å². The van der Waals surface area contributed by atoms with Gasteiger partial charge in [0.2, 0.25) is 0 Å². The van der Waals surface area contributed by atoms with Crippen molar-refractivity contribution >= 4 is 0 Å². The normalized spacial score (nSPS) is 18.2. The van der Waals surface area contributed by atoms with Crippen LogP contribution in [0.3, 0.4) is 0 Å². The first-order valence-corrected chi connectivity index (χ1v) is 14.8. The van der Waals surface area contributed by atoms with Gasteiger partial charge in [-0.15, -0.1) is 0 Å². The molecule has 7 heteroatoms. The minimum atomic E-state index is -0.980. The van der Waals surface area contributed by atoms with Crippen LogP contribution in [-0.2, 0) is 21.5 Å². The first-order chi connectivity index (χ1) is 21.6. The molecule has 1 N–H and O–H groups in total. The van der Waals surface area contributed by atoms with Gasteiger partial charge in [-0.05, 0) is 64.7 Å². The molecule has 1 fully saturated rings. The molecule has 3 aromatic carbocycles. The number of pyridine rings is 2. The molecule has 0 spiro atoms. The van der Waals surface area contributed by atoms with Crippen LogP contribution in [0.1, 0.15) is 28.7 Å². The molecule has 3 heterocycles. The van der Waals surface area contributed by atoms with Crippen LogP contribution in [0.15, 0.2) is 122 Å². The van der Waals surface area contributed by atoms with E-state index in [1.165, 1.54) is 0 Å². The highest BCUT2D eigenvalue weighted by atomic mass is 16.6. The SMILES string of the molecule is COc1ccc(C(OC[C@H]2O[C@H](Cc3ccc(-c4ccccn4)nc3)C[C@@H]2O)(c2ccccc2)c2ccc(OC)cc2)cc1. The lowest BCUT2D eigenvalue weighted by atomic mass is 9.80. The molecule has 2 aromatic heterocycles.